The molecule has 0 aromatic rings. The molecule has 0 aromatic carbocycles. The minimum Gasteiger partial charge on any atom is -0.0588 e. The van der Waals surface area contributed by atoms with Crippen molar-refractivity contribution < 1.29 is 0 Å². The summed E-state index contributed by atoms with van der Waals surface area (Å²) in [5.74, 6) is 13.2. The van der Waals surface area contributed by atoms with Crippen LogP contribution in [0.2, 0.25) is 0 Å². The second-order valence-electron chi connectivity index (χ2n) is 18.2. The Morgan fingerprint density at radius 1 is 0.300 bits per heavy atom. The van der Waals surface area contributed by atoms with Gasteiger partial charge >= 0.3 is 0 Å². The summed E-state index contributed by atoms with van der Waals surface area (Å²) in [7, 11) is 0. The van der Waals surface area contributed by atoms with E-state index < -0.39 is 0 Å². The van der Waals surface area contributed by atoms with Crippen LogP contribution in [-0.2, 0) is 0 Å². The van der Waals surface area contributed by atoms with E-state index in [0.717, 1.165) is 71.0 Å². The molecule has 8 fully saturated rings. The van der Waals surface area contributed by atoms with Crippen molar-refractivity contribution >= 4 is 0 Å². The fraction of sp³-hybridized carbons (Fsp3) is 1.00. The monoisotopic (exact) mass is 547 g/mol. The molecule has 0 heterocycles. The van der Waals surface area contributed by atoms with Gasteiger partial charge in [-0.05, 0) is 185 Å². The topological polar surface area (TPSA) is 0 Å². The minimum absolute atomic E-state index is 0.711. The minimum atomic E-state index is 0.711. The molecule has 0 bridgehead atoms. The van der Waals surface area contributed by atoms with Gasteiger partial charge in [-0.3, -0.25) is 0 Å². The van der Waals surface area contributed by atoms with E-state index >= 15 is 0 Å². The van der Waals surface area contributed by atoms with Crippen molar-refractivity contribution in [2.45, 2.75) is 168 Å². The van der Waals surface area contributed by atoms with Gasteiger partial charge in [-0.2, -0.15) is 0 Å². The second-order valence-corrected chi connectivity index (χ2v) is 18.2. The Balaban J connectivity index is 0.914. The number of fused-ring (bicyclic) bond motifs is 6. The van der Waals surface area contributed by atoms with Crippen LogP contribution in [0, 0.1) is 81.8 Å². The lowest BCUT2D eigenvalue weighted by Crippen LogP contribution is -2.43. The molecular weight excluding hydrogens is 480 g/mol. The van der Waals surface area contributed by atoms with E-state index in [1.54, 1.807) is 154 Å². The molecule has 8 rings (SSSR count). The summed E-state index contributed by atoms with van der Waals surface area (Å²) >= 11 is 0. The van der Waals surface area contributed by atoms with Crippen molar-refractivity contribution in [2.24, 2.45) is 81.8 Å². The first-order chi connectivity index (χ1) is 19.6. The van der Waals surface area contributed by atoms with Crippen molar-refractivity contribution in [3.63, 3.8) is 0 Å². The fourth-order valence-electron chi connectivity index (χ4n) is 16.0. The summed E-state index contributed by atoms with van der Waals surface area (Å²) in [4.78, 5) is 0. The quantitative estimate of drug-likeness (QED) is 0.330. The third-order valence-corrected chi connectivity index (χ3v) is 17.5. The van der Waals surface area contributed by atoms with Gasteiger partial charge in [0.2, 0.25) is 0 Å². The van der Waals surface area contributed by atoms with Gasteiger partial charge in [-0.1, -0.05) is 65.2 Å². The molecular formula is C40H66. The molecule has 0 heteroatoms. The maximum absolute atomic E-state index is 2.88. The number of hydrogen-bond donors (Lipinski definition) is 0. The van der Waals surface area contributed by atoms with Crippen LogP contribution in [0.4, 0.5) is 0 Å². The molecule has 0 radical (unpaired) electrons. The van der Waals surface area contributed by atoms with Gasteiger partial charge in [0.1, 0.15) is 0 Å². The van der Waals surface area contributed by atoms with Crippen molar-refractivity contribution in [1.82, 2.24) is 0 Å². The number of rotatable bonds is 3. The van der Waals surface area contributed by atoms with Crippen molar-refractivity contribution in [2.75, 3.05) is 0 Å². The third-order valence-electron chi connectivity index (χ3n) is 17.5. The highest BCUT2D eigenvalue weighted by Crippen LogP contribution is 2.69. The standard InChI is InChI=1S/C40H66/c1-39(35-15-7-3-11-31(35)32-12-4-8-16-36(32)39)29-23-19-27(20-24-29)28-21-25-30(26-22-28)40(2)37-17-9-5-13-33(37)34-14-6-10-18-38(34)40/h27-38H,3-26H2,1-2H3. The summed E-state index contributed by atoms with van der Waals surface area (Å²) in [6.45, 7) is 5.75. The highest BCUT2D eigenvalue weighted by molar-refractivity contribution is 5.11. The lowest BCUT2D eigenvalue weighted by molar-refractivity contribution is -0.0195. The zero-order valence-electron chi connectivity index (χ0n) is 26.9. The molecule has 0 spiro atoms. The van der Waals surface area contributed by atoms with E-state index in [0.29, 0.717) is 10.8 Å². The van der Waals surface area contributed by atoms with Crippen LogP contribution in [-0.4, -0.2) is 0 Å². The van der Waals surface area contributed by atoms with Crippen LogP contribution in [0.3, 0.4) is 0 Å². The molecule has 226 valence electrons. The molecule has 8 aliphatic carbocycles. The summed E-state index contributed by atoms with van der Waals surface area (Å²) in [6, 6.07) is 0. The number of hydrogen-bond acceptors (Lipinski definition) is 0. The van der Waals surface area contributed by atoms with Gasteiger partial charge in [-0.15, -0.1) is 0 Å². The fourth-order valence-corrected chi connectivity index (χ4v) is 16.0. The predicted octanol–water partition coefficient (Wildman–Crippen LogP) is 11.9. The summed E-state index contributed by atoms with van der Waals surface area (Å²) in [5.41, 5.74) is 1.42. The van der Waals surface area contributed by atoms with E-state index in [2.05, 4.69) is 13.8 Å². The lowest BCUT2D eigenvalue weighted by Gasteiger charge is -2.51. The van der Waals surface area contributed by atoms with E-state index in [9.17, 15) is 0 Å². The Labute approximate surface area is 249 Å². The summed E-state index contributed by atoms with van der Waals surface area (Å²) in [5, 5.41) is 0. The molecule has 0 aliphatic heterocycles. The van der Waals surface area contributed by atoms with Gasteiger partial charge in [0.25, 0.3) is 0 Å². The average molecular weight is 547 g/mol. The van der Waals surface area contributed by atoms with Crippen LogP contribution in [0.5, 0.6) is 0 Å². The molecule has 0 amide bonds. The lowest BCUT2D eigenvalue weighted by atomic mass is 9.54. The third kappa shape index (κ3) is 4.15. The largest absolute Gasteiger partial charge is 0.0588 e. The Morgan fingerprint density at radius 3 is 0.825 bits per heavy atom. The Hall–Kier alpha value is 0. The van der Waals surface area contributed by atoms with Gasteiger partial charge in [0.15, 0.2) is 0 Å². The Bertz CT molecular complexity index is 752. The molecule has 0 saturated heterocycles. The predicted molar refractivity (Wildman–Crippen MR) is 169 cm³/mol. The zero-order chi connectivity index (χ0) is 26.9. The van der Waals surface area contributed by atoms with Crippen molar-refractivity contribution in [1.29, 1.82) is 0 Å². The van der Waals surface area contributed by atoms with Crippen LogP contribution in [0.1, 0.15) is 168 Å². The molecule has 0 nitrogen and oxygen atoms in total. The van der Waals surface area contributed by atoms with E-state index in [-0.39, 0.29) is 0 Å². The molecule has 0 aromatic heterocycles. The second kappa shape index (κ2) is 10.9. The molecule has 8 atom stereocenters. The van der Waals surface area contributed by atoms with Crippen LogP contribution < -0.4 is 0 Å². The molecule has 8 saturated carbocycles. The van der Waals surface area contributed by atoms with E-state index in [1.807, 2.05) is 0 Å². The molecule has 8 unspecified atom stereocenters. The Kier molecular flexibility index (Phi) is 7.48. The maximum Gasteiger partial charge on any atom is -0.0235 e. The highest BCUT2D eigenvalue weighted by atomic mass is 14.7. The normalized spacial score (nSPS) is 56.5. The van der Waals surface area contributed by atoms with Gasteiger partial charge < -0.3 is 0 Å². The van der Waals surface area contributed by atoms with Crippen molar-refractivity contribution in [3.05, 3.63) is 0 Å². The van der Waals surface area contributed by atoms with Gasteiger partial charge in [0.05, 0.1) is 0 Å². The maximum atomic E-state index is 2.88. The SMILES string of the molecule is CC1(C2CCC(C3CCC(C4(C)C5CCCCC5C5CCCCC54)CC3)CC2)C2CCCCC2C2CCCCC21. The first kappa shape index (κ1) is 27.5. The van der Waals surface area contributed by atoms with Crippen LogP contribution in [0.15, 0.2) is 0 Å². The summed E-state index contributed by atoms with van der Waals surface area (Å²) in [6.07, 6.45) is 38.1. The average Bonchev–Trinajstić information content (AvgIpc) is 3.45. The van der Waals surface area contributed by atoms with Crippen LogP contribution >= 0.6 is 0 Å². The zero-order valence-corrected chi connectivity index (χ0v) is 26.9. The molecule has 0 N–H and O–H groups in total. The molecule has 8 aliphatic rings. The highest BCUT2D eigenvalue weighted by Gasteiger charge is 2.62. The van der Waals surface area contributed by atoms with E-state index in [1.165, 1.54) is 0 Å². The summed E-state index contributed by atoms with van der Waals surface area (Å²) < 4.78 is 0. The Morgan fingerprint density at radius 2 is 0.550 bits per heavy atom. The van der Waals surface area contributed by atoms with Crippen LogP contribution in [0.25, 0.3) is 0 Å². The first-order valence-corrected chi connectivity index (χ1v) is 19.6. The van der Waals surface area contributed by atoms with Gasteiger partial charge in [-0.25, -0.2) is 0 Å². The van der Waals surface area contributed by atoms with E-state index in [4.69, 9.17) is 0 Å². The van der Waals surface area contributed by atoms with Gasteiger partial charge in [0, 0.05) is 0 Å². The van der Waals surface area contributed by atoms with Crippen molar-refractivity contribution in [3.8, 4) is 0 Å². The molecule has 40 heavy (non-hydrogen) atoms. The first-order valence-electron chi connectivity index (χ1n) is 19.6. The smallest absolute Gasteiger partial charge is 0.0235 e.